The number of tetrazole rings is 1. The van der Waals surface area contributed by atoms with Crippen molar-refractivity contribution in [1.82, 2.24) is 20.2 Å². The van der Waals surface area contributed by atoms with Crippen LogP contribution in [0, 0.1) is 10.1 Å². The van der Waals surface area contributed by atoms with E-state index in [1.807, 2.05) is 0 Å². The Morgan fingerprint density at radius 3 is 2.76 bits per heavy atom. The maximum Gasteiger partial charge on any atom is 0.273 e. The second-order valence-corrected chi connectivity index (χ2v) is 2.84. The summed E-state index contributed by atoms with van der Waals surface area (Å²) in [6, 6.07) is 4.15. The van der Waals surface area contributed by atoms with Gasteiger partial charge in [-0.1, -0.05) is 0 Å². The van der Waals surface area contributed by atoms with Gasteiger partial charge in [-0.2, -0.15) is 0 Å². The molecule has 0 saturated carbocycles. The van der Waals surface area contributed by atoms with E-state index in [0.717, 1.165) is 0 Å². The zero-order valence-corrected chi connectivity index (χ0v) is 11.3. The van der Waals surface area contributed by atoms with E-state index in [2.05, 4.69) is 15.4 Å². The molecule has 0 N–H and O–H groups in total. The first kappa shape index (κ1) is 13.6. The molecule has 83 valence electrons. The van der Waals surface area contributed by atoms with E-state index in [9.17, 15) is 10.1 Å². The van der Waals surface area contributed by atoms with Crippen molar-refractivity contribution in [2.45, 2.75) is 0 Å². The van der Waals surface area contributed by atoms with Crippen LogP contribution in [0.5, 0.6) is 5.75 Å². The summed E-state index contributed by atoms with van der Waals surface area (Å²) in [6.45, 7) is 0. The first-order chi connectivity index (χ1) is 7.72. The predicted molar refractivity (Wildman–Crippen MR) is 58.1 cm³/mol. The van der Waals surface area contributed by atoms with E-state index in [0.29, 0.717) is 11.4 Å². The molecule has 0 aliphatic carbocycles. The van der Waals surface area contributed by atoms with Crippen LogP contribution < -0.4 is 4.74 Å². The summed E-state index contributed by atoms with van der Waals surface area (Å²) in [7, 11) is 1.42. The molecule has 0 unspecified atom stereocenters. The van der Waals surface area contributed by atoms with Crippen LogP contribution in [0.15, 0.2) is 24.5 Å². The van der Waals surface area contributed by atoms with Crippen LogP contribution in [0.2, 0.25) is 0 Å². The van der Waals surface area contributed by atoms with Crippen LogP contribution in [0.1, 0.15) is 0 Å². The minimum absolute atomic E-state index is 0. The summed E-state index contributed by atoms with van der Waals surface area (Å²) in [5.41, 5.74) is 0.436. The quantitative estimate of drug-likeness (QED) is 0.434. The molecule has 2 aromatic rings. The molecule has 9 heteroatoms. The fraction of sp³-hybridized carbons (Fsp3) is 0.125. The van der Waals surface area contributed by atoms with Crippen LogP contribution >= 0.6 is 0 Å². The number of non-ortho nitro benzene ring substituents is 1. The monoisotopic (exact) mass is 244 g/mol. The average molecular weight is 244 g/mol. The Balaban J connectivity index is 0.00000144. The molecule has 0 amide bonds. The van der Waals surface area contributed by atoms with Gasteiger partial charge in [0.1, 0.15) is 5.69 Å². The van der Waals surface area contributed by atoms with Crippen LogP contribution in [0.3, 0.4) is 0 Å². The zero-order valence-electron chi connectivity index (χ0n) is 9.27. The number of ether oxygens (including phenoxy) is 1. The summed E-state index contributed by atoms with van der Waals surface area (Å²) in [4.78, 5) is 11.3. The zero-order chi connectivity index (χ0) is 11.5. The van der Waals surface area contributed by atoms with Gasteiger partial charge in [0, 0.05) is 35.6 Å². The molecule has 1 aromatic heterocycles. The molecule has 0 saturated heterocycles. The van der Waals surface area contributed by atoms with Gasteiger partial charge in [0.05, 0.1) is 18.1 Å². The molecule has 0 aliphatic rings. The van der Waals surface area contributed by atoms with Crippen molar-refractivity contribution in [2.24, 2.45) is 0 Å². The fourth-order valence-corrected chi connectivity index (χ4v) is 1.22. The van der Waals surface area contributed by atoms with E-state index < -0.39 is 4.92 Å². The first-order valence-electron chi connectivity index (χ1n) is 4.28. The van der Waals surface area contributed by atoms with Crippen LogP contribution in [-0.2, 0) is 0 Å². The molecule has 0 spiro atoms. The Labute approximate surface area is 118 Å². The van der Waals surface area contributed by atoms with Gasteiger partial charge in [-0.15, -0.1) is 15.0 Å². The first-order valence-corrected chi connectivity index (χ1v) is 4.28. The Morgan fingerprint density at radius 1 is 1.47 bits per heavy atom. The van der Waals surface area contributed by atoms with Crippen molar-refractivity contribution in [1.29, 1.82) is 0 Å². The van der Waals surface area contributed by atoms with E-state index in [1.54, 1.807) is 0 Å². The van der Waals surface area contributed by atoms with Gasteiger partial charge in [-0.25, -0.2) is 0 Å². The number of nitro groups is 1. The number of nitro benzene ring substituents is 1. The third-order valence-electron chi connectivity index (χ3n) is 1.94. The minimum Gasteiger partial charge on any atom is -0.494 e. The van der Waals surface area contributed by atoms with Gasteiger partial charge in [0.15, 0.2) is 12.1 Å². The number of hydrogen-bond donors (Lipinski definition) is 0. The Bertz CT molecular complexity index is 516. The number of rotatable bonds is 3. The fourth-order valence-electron chi connectivity index (χ4n) is 1.22. The molecule has 0 bridgehead atoms. The van der Waals surface area contributed by atoms with E-state index in [4.69, 9.17) is 4.74 Å². The van der Waals surface area contributed by atoms with Gasteiger partial charge in [-0.05, 0) is 11.3 Å². The Morgan fingerprint density at radius 2 is 2.24 bits per heavy atom. The maximum atomic E-state index is 10.6. The molecule has 0 atom stereocenters. The van der Waals surface area contributed by atoms with Gasteiger partial charge in [-0.3, -0.25) is 10.1 Å². The number of methoxy groups -OCH3 is 1. The van der Waals surface area contributed by atoms with Crippen molar-refractivity contribution < 1.29 is 9.66 Å². The van der Waals surface area contributed by atoms with Crippen molar-refractivity contribution in [3.05, 3.63) is 34.6 Å². The molecule has 2 rings (SSSR count). The summed E-state index contributed by atoms with van der Waals surface area (Å²) in [5, 5.41) is 21.6. The van der Waals surface area contributed by atoms with Crippen molar-refractivity contribution in [3.63, 3.8) is 0 Å². The number of aromatic nitrogens is 4. The molecule has 1 heterocycles. The Hall–Kier alpha value is -1.51. The molecule has 17 heavy (non-hydrogen) atoms. The SMILES string of the molecule is COc1cc([N+](=O)[O-])ccc1-n1ncnn1.[Na]. The topological polar surface area (TPSA) is 96.0 Å². The maximum absolute atomic E-state index is 10.6. The second-order valence-electron chi connectivity index (χ2n) is 2.84. The second kappa shape index (κ2) is 5.71. The normalized spacial score (nSPS) is 9.47. The third kappa shape index (κ3) is 2.78. The van der Waals surface area contributed by atoms with Gasteiger partial charge in [0.2, 0.25) is 0 Å². The summed E-state index contributed by atoms with van der Waals surface area (Å²) < 4.78 is 5.03. The average Bonchev–Trinajstić information content (AvgIpc) is 2.81. The smallest absolute Gasteiger partial charge is 0.273 e. The summed E-state index contributed by atoms with van der Waals surface area (Å²) >= 11 is 0. The van der Waals surface area contributed by atoms with E-state index >= 15 is 0 Å². The van der Waals surface area contributed by atoms with Crippen LogP contribution in [0.4, 0.5) is 5.69 Å². The van der Waals surface area contributed by atoms with Crippen LogP contribution in [-0.4, -0.2) is 61.8 Å². The number of nitrogens with zero attached hydrogens (tertiary/aromatic N) is 5. The molecular weight excluding hydrogens is 237 g/mol. The van der Waals surface area contributed by atoms with Crippen molar-refractivity contribution >= 4 is 35.2 Å². The molecule has 8 nitrogen and oxygen atoms in total. The molecule has 1 radical (unpaired) electrons. The van der Waals surface area contributed by atoms with Gasteiger partial charge >= 0.3 is 0 Å². The predicted octanol–water partition coefficient (Wildman–Crippen LogP) is 0.198. The minimum atomic E-state index is -0.499. The van der Waals surface area contributed by atoms with E-state index in [1.165, 1.54) is 36.4 Å². The van der Waals surface area contributed by atoms with Crippen LogP contribution in [0.25, 0.3) is 5.69 Å². The van der Waals surface area contributed by atoms with E-state index in [-0.39, 0.29) is 35.2 Å². The van der Waals surface area contributed by atoms with Crippen molar-refractivity contribution in [2.75, 3.05) is 7.11 Å². The Kier molecular flexibility index (Phi) is 4.55. The van der Waals surface area contributed by atoms with Gasteiger partial charge in [0.25, 0.3) is 5.69 Å². The third-order valence-corrected chi connectivity index (χ3v) is 1.94. The molecular formula is C8H7N5NaO3. The summed E-state index contributed by atoms with van der Waals surface area (Å²) in [6.07, 6.45) is 1.26. The largest absolute Gasteiger partial charge is 0.494 e. The number of benzene rings is 1. The molecule has 1 aromatic carbocycles. The molecule has 0 aliphatic heterocycles. The number of hydrogen-bond acceptors (Lipinski definition) is 6. The van der Waals surface area contributed by atoms with Crippen molar-refractivity contribution in [3.8, 4) is 11.4 Å². The van der Waals surface area contributed by atoms with Gasteiger partial charge < -0.3 is 4.74 Å². The standard InChI is InChI=1S/C8H7N5O3.Na/c1-16-8-4-6(13(14)15)2-3-7(8)12-10-5-9-11-12;/h2-5H,1H3;. The summed E-state index contributed by atoms with van der Waals surface area (Å²) in [5.74, 6) is 0.312. The molecule has 0 fully saturated rings.